The van der Waals surface area contributed by atoms with Crippen LogP contribution in [0.25, 0.3) is 10.9 Å². The molecular formula is C30H31NO6. The van der Waals surface area contributed by atoms with Crippen molar-refractivity contribution in [1.29, 1.82) is 0 Å². The van der Waals surface area contributed by atoms with Gasteiger partial charge in [0.2, 0.25) is 0 Å². The van der Waals surface area contributed by atoms with E-state index in [1.165, 1.54) is 26.0 Å². The molecule has 0 saturated heterocycles. The first-order chi connectivity index (χ1) is 17.6. The van der Waals surface area contributed by atoms with E-state index in [1.54, 1.807) is 0 Å². The fraction of sp³-hybridized carbons (Fsp3) is 0.267. The van der Waals surface area contributed by atoms with Crippen LogP contribution < -0.4 is 0 Å². The van der Waals surface area contributed by atoms with Crippen LogP contribution >= 0.6 is 0 Å². The molecule has 5 N–H and O–H groups in total. The summed E-state index contributed by atoms with van der Waals surface area (Å²) in [5, 5.41) is 44.6. The number of aromatic amines is 1. The topological polar surface area (TPSA) is 131 Å². The first kappa shape index (κ1) is 25.8. The highest BCUT2D eigenvalue weighted by atomic mass is 16.3. The van der Waals surface area contributed by atoms with Gasteiger partial charge in [-0.25, -0.2) is 0 Å². The first-order valence-electron chi connectivity index (χ1n) is 12.3. The summed E-state index contributed by atoms with van der Waals surface area (Å²) in [5.74, 6) is -1.31. The average molecular weight is 502 g/mol. The lowest BCUT2D eigenvalue weighted by Crippen LogP contribution is -2.04. The third-order valence-electron chi connectivity index (χ3n) is 7.03. The van der Waals surface area contributed by atoms with Gasteiger partial charge in [-0.2, -0.15) is 0 Å². The molecule has 0 aliphatic carbocycles. The van der Waals surface area contributed by atoms with Gasteiger partial charge in [0.05, 0.1) is 11.1 Å². The predicted molar refractivity (Wildman–Crippen MR) is 142 cm³/mol. The second-order valence-corrected chi connectivity index (χ2v) is 9.32. The second-order valence-electron chi connectivity index (χ2n) is 9.32. The summed E-state index contributed by atoms with van der Waals surface area (Å²) in [7, 11) is 0. The lowest BCUT2D eigenvalue weighted by atomic mass is 9.91. The number of phenols is 4. The number of H-pyrrole nitrogens is 1. The molecule has 0 unspecified atom stereocenters. The van der Waals surface area contributed by atoms with E-state index in [4.69, 9.17) is 0 Å². The van der Waals surface area contributed by atoms with E-state index in [-0.39, 0.29) is 69.7 Å². The summed E-state index contributed by atoms with van der Waals surface area (Å²) in [6.45, 7) is 6.44. The first-order valence-corrected chi connectivity index (χ1v) is 12.3. The van der Waals surface area contributed by atoms with Crippen molar-refractivity contribution >= 4 is 22.5 Å². The standard InChI is InChI=1S/C30H31NO6/c1-5-17-11-20(15(3)32)29(36)23(27(17)34)13-22-19-9-7-8-10-25(19)31-26(22)14-24-28(35)18(6-2)12-21(16(4)33)30(24)37/h7-12,31,34-37H,5-6,13-14H2,1-4H3. The molecule has 0 radical (unpaired) electrons. The number of aromatic hydroxyl groups is 4. The van der Waals surface area contributed by atoms with Gasteiger partial charge in [0, 0.05) is 40.6 Å². The van der Waals surface area contributed by atoms with Crippen molar-refractivity contribution in [2.24, 2.45) is 0 Å². The number of nitrogens with one attached hydrogen (secondary N) is 1. The number of hydrogen-bond acceptors (Lipinski definition) is 6. The molecule has 0 bridgehead atoms. The molecule has 37 heavy (non-hydrogen) atoms. The van der Waals surface area contributed by atoms with Crippen molar-refractivity contribution in [2.45, 2.75) is 53.4 Å². The van der Waals surface area contributed by atoms with Gasteiger partial charge >= 0.3 is 0 Å². The van der Waals surface area contributed by atoms with Gasteiger partial charge in [0.25, 0.3) is 0 Å². The molecule has 7 nitrogen and oxygen atoms in total. The number of aromatic nitrogens is 1. The normalized spacial score (nSPS) is 11.2. The Bertz CT molecular complexity index is 1550. The molecule has 4 aromatic rings. The number of carbonyl (C=O) groups excluding carboxylic acids is 2. The number of hydrogen-bond donors (Lipinski definition) is 5. The number of ketones is 2. The highest BCUT2D eigenvalue weighted by Crippen LogP contribution is 2.41. The summed E-state index contributed by atoms with van der Waals surface area (Å²) in [4.78, 5) is 27.7. The van der Waals surface area contributed by atoms with Crippen LogP contribution in [0.1, 0.15) is 81.9 Å². The zero-order valence-corrected chi connectivity index (χ0v) is 21.4. The van der Waals surface area contributed by atoms with Gasteiger partial charge in [0.15, 0.2) is 11.6 Å². The van der Waals surface area contributed by atoms with E-state index in [9.17, 15) is 30.0 Å². The van der Waals surface area contributed by atoms with Gasteiger partial charge in [-0.1, -0.05) is 32.0 Å². The van der Waals surface area contributed by atoms with Crippen LogP contribution in [-0.4, -0.2) is 37.0 Å². The summed E-state index contributed by atoms with van der Waals surface area (Å²) in [6, 6.07) is 10.5. The molecule has 7 heteroatoms. The van der Waals surface area contributed by atoms with Gasteiger partial charge in [-0.15, -0.1) is 0 Å². The third kappa shape index (κ3) is 4.53. The number of rotatable bonds is 8. The number of aryl methyl sites for hydroxylation is 2. The Morgan fingerprint density at radius 2 is 1.19 bits per heavy atom. The minimum atomic E-state index is -0.312. The van der Waals surface area contributed by atoms with E-state index < -0.39 is 0 Å². The number of para-hydroxylation sites is 1. The number of phenolic OH excluding ortho intramolecular Hbond substituents is 4. The van der Waals surface area contributed by atoms with Gasteiger partial charge < -0.3 is 25.4 Å². The van der Waals surface area contributed by atoms with E-state index in [1.807, 2.05) is 38.1 Å². The highest BCUT2D eigenvalue weighted by molar-refractivity contribution is 5.98. The van der Waals surface area contributed by atoms with E-state index in [2.05, 4.69) is 4.98 Å². The predicted octanol–water partition coefficient (Wildman–Crippen LogP) is 5.70. The molecule has 0 amide bonds. The molecule has 0 spiro atoms. The van der Waals surface area contributed by atoms with Crippen molar-refractivity contribution in [1.82, 2.24) is 4.98 Å². The summed E-state index contributed by atoms with van der Waals surface area (Å²) < 4.78 is 0. The van der Waals surface area contributed by atoms with E-state index >= 15 is 0 Å². The van der Waals surface area contributed by atoms with Crippen molar-refractivity contribution in [3.8, 4) is 23.0 Å². The van der Waals surface area contributed by atoms with Crippen molar-refractivity contribution in [3.05, 3.63) is 81.0 Å². The van der Waals surface area contributed by atoms with Crippen LogP contribution in [0.2, 0.25) is 0 Å². The summed E-state index contributed by atoms with van der Waals surface area (Å²) in [5.41, 5.74) is 4.00. The minimum Gasteiger partial charge on any atom is -0.507 e. The molecule has 3 aromatic carbocycles. The molecule has 0 saturated carbocycles. The van der Waals surface area contributed by atoms with Gasteiger partial charge in [-0.3, -0.25) is 9.59 Å². The smallest absolute Gasteiger partial charge is 0.163 e. The van der Waals surface area contributed by atoms with Crippen LogP contribution in [-0.2, 0) is 25.7 Å². The molecular weight excluding hydrogens is 470 g/mol. The Balaban J connectivity index is 1.93. The number of carbonyl (C=O) groups is 2. The van der Waals surface area contributed by atoms with Gasteiger partial charge in [0.1, 0.15) is 23.0 Å². The Morgan fingerprint density at radius 1 is 0.703 bits per heavy atom. The van der Waals surface area contributed by atoms with Crippen LogP contribution in [0.4, 0.5) is 0 Å². The molecule has 1 aromatic heterocycles. The number of Topliss-reactive ketones (excluding diaryl/α,β-unsaturated/α-hetero) is 2. The lowest BCUT2D eigenvalue weighted by molar-refractivity contribution is 0.100. The summed E-state index contributed by atoms with van der Waals surface area (Å²) >= 11 is 0. The van der Waals surface area contributed by atoms with E-state index in [0.29, 0.717) is 29.7 Å². The molecule has 0 aliphatic rings. The van der Waals surface area contributed by atoms with Gasteiger partial charge in [-0.05, 0) is 61.6 Å². The largest absolute Gasteiger partial charge is 0.507 e. The van der Waals surface area contributed by atoms with E-state index in [0.717, 1.165) is 16.5 Å². The maximum absolute atomic E-state index is 12.2. The summed E-state index contributed by atoms with van der Waals surface area (Å²) in [6.07, 6.45) is 1.11. The maximum Gasteiger partial charge on any atom is 0.163 e. The molecule has 4 rings (SSSR count). The molecule has 0 fully saturated rings. The molecule has 0 aliphatic heterocycles. The van der Waals surface area contributed by atoms with Crippen molar-refractivity contribution < 1.29 is 30.0 Å². The third-order valence-corrected chi connectivity index (χ3v) is 7.03. The SMILES string of the molecule is CCc1cc(C(C)=O)c(O)c(Cc2[nH]c3ccccc3c2Cc2c(O)c(CC)cc(C(C)=O)c2O)c1O. The molecule has 1 heterocycles. The highest BCUT2D eigenvalue weighted by Gasteiger charge is 2.25. The molecule has 0 atom stereocenters. The Kier molecular flexibility index (Phi) is 6.99. The average Bonchev–Trinajstić information content (AvgIpc) is 3.21. The van der Waals surface area contributed by atoms with Crippen molar-refractivity contribution in [3.63, 3.8) is 0 Å². The van der Waals surface area contributed by atoms with Crippen molar-refractivity contribution in [2.75, 3.05) is 0 Å². The minimum absolute atomic E-state index is 0.0706. The molecule has 192 valence electrons. The maximum atomic E-state index is 12.2. The fourth-order valence-electron chi connectivity index (χ4n) is 4.93. The Morgan fingerprint density at radius 3 is 1.68 bits per heavy atom. The zero-order valence-electron chi connectivity index (χ0n) is 21.4. The van der Waals surface area contributed by atoms with Crippen LogP contribution in [0.15, 0.2) is 36.4 Å². The second kappa shape index (κ2) is 10.0. The Hall–Kier alpha value is -4.26. The monoisotopic (exact) mass is 501 g/mol. The number of fused-ring (bicyclic) bond motifs is 1. The lowest BCUT2D eigenvalue weighted by Gasteiger charge is -2.16. The zero-order chi connectivity index (χ0) is 27.0. The number of benzene rings is 3. The van der Waals surface area contributed by atoms with Crippen LogP contribution in [0.5, 0.6) is 23.0 Å². The quantitative estimate of drug-likeness (QED) is 0.197. The fourth-order valence-corrected chi connectivity index (χ4v) is 4.93. The van der Waals surface area contributed by atoms with Crippen LogP contribution in [0.3, 0.4) is 0 Å². The Labute approximate surface area is 215 Å². The van der Waals surface area contributed by atoms with Crippen LogP contribution in [0, 0.1) is 0 Å².